The topological polar surface area (TPSA) is 55.8 Å². The third kappa shape index (κ3) is 5.08. The van der Waals surface area contributed by atoms with Crippen LogP contribution in [0.3, 0.4) is 0 Å². The molecule has 3 aromatic rings. The molecule has 3 aromatic carbocycles. The van der Waals surface area contributed by atoms with Crippen molar-refractivity contribution >= 4 is 17.6 Å². The van der Waals surface area contributed by atoms with Gasteiger partial charge >= 0.3 is 5.97 Å². The van der Waals surface area contributed by atoms with Crippen molar-refractivity contribution in [3.8, 4) is 5.75 Å². The van der Waals surface area contributed by atoms with E-state index >= 15 is 0 Å². The van der Waals surface area contributed by atoms with Crippen molar-refractivity contribution in [1.29, 1.82) is 0 Å². The first-order valence-electron chi connectivity index (χ1n) is 11.3. The highest BCUT2D eigenvalue weighted by Gasteiger charge is 2.50. The van der Waals surface area contributed by atoms with Gasteiger partial charge in [0, 0.05) is 5.69 Å². The van der Waals surface area contributed by atoms with E-state index in [0.717, 1.165) is 18.4 Å². The van der Waals surface area contributed by atoms with Crippen LogP contribution in [-0.4, -0.2) is 25.2 Å². The van der Waals surface area contributed by atoms with Crippen LogP contribution in [0.25, 0.3) is 0 Å². The summed E-state index contributed by atoms with van der Waals surface area (Å²) in [7, 11) is 1.60. The maximum atomic E-state index is 13.1. The van der Waals surface area contributed by atoms with E-state index in [0.29, 0.717) is 17.9 Å². The SMILES string of the molecule is COc1ccc(N2C(=O)C(CCCc3ccccc3)C2OC(=O)C(C)c2ccccc2)cc1. The van der Waals surface area contributed by atoms with Gasteiger partial charge in [-0.05, 0) is 61.6 Å². The number of aryl methyl sites for hydroxylation is 1. The van der Waals surface area contributed by atoms with Crippen molar-refractivity contribution in [1.82, 2.24) is 0 Å². The van der Waals surface area contributed by atoms with E-state index in [-0.39, 0.29) is 17.8 Å². The van der Waals surface area contributed by atoms with Gasteiger partial charge in [0.25, 0.3) is 0 Å². The first kappa shape index (κ1) is 22.6. The molecule has 3 atom stereocenters. The molecule has 0 saturated carbocycles. The molecule has 0 bridgehead atoms. The summed E-state index contributed by atoms with van der Waals surface area (Å²) in [5.41, 5.74) is 2.83. The predicted octanol–water partition coefficient (Wildman–Crippen LogP) is 5.35. The van der Waals surface area contributed by atoms with Crippen LogP contribution in [0.5, 0.6) is 5.75 Å². The quantitative estimate of drug-likeness (QED) is 0.330. The molecule has 5 nitrogen and oxygen atoms in total. The average Bonchev–Trinajstić information content (AvgIpc) is 2.87. The molecule has 1 aliphatic rings. The van der Waals surface area contributed by atoms with Gasteiger partial charge in [-0.3, -0.25) is 14.5 Å². The predicted molar refractivity (Wildman–Crippen MR) is 128 cm³/mol. The summed E-state index contributed by atoms with van der Waals surface area (Å²) in [6, 6.07) is 27.0. The summed E-state index contributed by atoms with van der Waals surface area (Å²) >= 11 is 0. The lowest BCUT2D eigenvalue weighted by molar-refractivity contribution is -0.164. The number of benzene rings is 3. The Morgan fingerprint density at radius 3 is 2.21 bits per heavy atom. The molecule has 0 radical (unpaired) electrons. The largest absolute Gasteiger partial charge is 0.497 e. The zero-order chi connectivity index (χ0) is 23.2. The number of hydrogen-bond acceptors (Lipinski definition) is 4. The Bertz CT molecular complexity index is 1070. The number of esters is 1. The zero-order valence-electron chi connectivity index (χ0n) is 19.0. The summed E-state index contributed by atoms with van der Waals surface area (Å²) < 4.78 is 11.2. The van der Waals surface area contributed by atoms with Crippen LogP contribution in [0.15, 0.2) is 84.9 Å². The van der Waals surface area contributed by atoms with Crippen LogP contribution in [0.2, 0.25) is 0 Å². The normalized spacial score (nSPS) is 18.4. The minimum atomic E-state index is -0.611. The van der Waals surface area contributed by atoms with Crippen molar-refractivity contribution in [2.45, 2.75) is 38.3 Å². The molecule has 1 saturated heterocycles. The van der Waals surface area contributed by atoms with Gasteiger partial charge in [-0.1, -0.05) is 60.7 Å². The maximum absolute atomic E-state index is 13.1. The van der Waals surface area contributed by atoms with E-state index in [1.54, 1.807) is 24.1 Å². The molecule has 0 N–H and O–H groups in total. The van der Waals surface area contributed by atoms with Crippen LogP contribution < -0.4 is 9.64 Å². The van der Waals surface area contributed by atoms with Crippen LogP contribution in [0.4, 0.5) is 5.69 Å². The van der Waals surface area contributed by atoms with Crippen LogP contribution in [-0.2, 0) is 20.7 Å². The van der Waals surface area contributed by atoms with E-state index in [1.807, 2.05) is 67.6 Å². The lowest BCUT2D eigenvalue weighted by Gasteiger charge is -2.46. The van der Waals surface area contributed by atoms with Gasteiger partial charge < -0.3 is 9.47 Å². The van der Waals surface area contributed by atoms with Crippen molar-refractivity contribution in [3.63, 3.8) is 0 Å². The average molecular weight is 444 g/mol. The summed E-state index contributed by atoms with van der Waals surface area (Å²) in [5, 5.41) is 0. The summed E-state index contributed by atoms with van der Waals surface area (Å²) in [6.07, 6.45) is 1.78. The van der Waals surface area contributed by atoms with Crippen LogP contribution in [0.1, 0.15) is 36.8 Å². The number of anilines is 1. The number of amides is 1. The van der Waals surface area contributed by atoms with Gasteiger partial charge in [-0.2, -0.15) is 0 Å². The molecule has 33 heavy (non-hydrogen) atoms. The first-order valence-corrected chi connectivity index (χ1v) is 11.3. The number of nitrogens with zero attached hydrogens (tertiary/aromatic N) is 1. The number of rotatable bonds is 9. The Morgan fingerprint density at radius 2 is 1.58 bits per heavy atom. The number of carbonyl (C=O) groups excluding carboxylic acids is 2. The Labute approximate surface area is 194 Å². The first-order chi connectivity index (χ1) is 16.1. The van der Waals surface area contributed by atoms with Gasteiger partial charge in [-0.25, -0.2) is 0 Å². The Kier molecular flexibility index (Phi) is 7.08. The van der Waals surface area contributed by atoms with E-state index < -0.39 is 12.1 Å². The molecule has 1 fully saturated rings. The van der Waals surface area contributed by atoms with Crippen LogP contribution in [0, 0.1) is 5.92 Å². The van der Waals surface area contributed by atoms with Gasteiger partial charge in [0.2, 0.25) is 5.91 Å². The van der Waals surface area contributed by atoms with Gasteiger partial charge in [0.1, 0.15) is 5.75 Å². The van der Waals surface area contributed by atoms with Crippen LogP contribution >= 0.6 is 0 Å². The third-order valence-corrected chi connectivity index (χ3v) is 6.22. The number of carbonyl (C=O) groups is 2. The zero-order valence-corrected chi connectivity index (χ0v) is 19.0. The highest BCUT2D eigenvalue weighted by Crippen LogP contribution is 2.38. The second kappa shape index (κ2) is 10.3. The molecule has 0 aliphatic carbocycles. The summed E-state index contributed by atoms with van der Waals surface area (Å²) in [6.45, 7) is 1.83. The number of methoxy groups -OCH3 is 1. The van der Waals surface area contributed by atoms with Crippen molar-refractivity contribution in [3.05, 3.63) is 96.1 Å². The molecule has 1 heterocycles. The Morgan fingerprint density at radius 1 is 0.939 bits per heavy atom. The van der Waals surface area contributed by atoms with Crippen molar-refractivity contribution < 1.29 is 19.1 Å². The van der Waals surface area contributed by atoms with E-state index in [2.05, 4.69) is 12.1 Å². The minimum absolute atomic E-state index is 0.0154. The molecule has 3 unspecified atom stereocenters. The Hall–Kier alpha value is -3.60. The maximum Gasteiger partial charge on any atom is 0.315 e. The molecule has 1 amide bonds. The monoisotopic (exact) mass is 443 g/mol. The fraction of sp³-hybridized carbons (Fsp3) is 0.286. The lowest BCUT2D eigenvalue weighted by atomic mass is 9.88. The highest BCUT2D eigenvalue weighted by molar-refractivity contribution is 6.03. The molecular weight excluding hydrogens is 414 g/mol. The molecule has 0 aromatic heterocycles. The molecular formula is C28H29NO4. The van der Waals surface area contributed by atoms with E-state index in [1.165, 1.54) is 5.56 Å². The molecule has 170 valence electrons. The third-order valence-electron chi connectivity index (χ3n) is 6.22. The van der Waals surface area contributed by atoms with Crippen molar-refractivity contribution in [2.75, 3.05) is 12.0 Å². The van der Waals surface area contributed by atoms with Gasteiger partial charge in [0.15, 0.2) is 6.23 Å². The van der Waals surface area contributed by atoms with E-state index in [9.17, 15) is 9.59 Å². The fourth-order valence-corrected chi connectivity index (χ4v) is 4.21. The highest BCUT2D eigenvalue weighted by atomic mass is 16.6. The van der Waals surface area contributed by atoms with Crippen molar-refractivity contribution in [2.24, 2.45) is 5.92 Å². The molecule has 4 rings (SSSR count). The van der Waals surface area contributed by atoms with Gasteiger partial charge in [0.05, 0.1) is 18.9 Å². The molecule has 1 aliphatic heterocycles. The summed E-state index contributed by atoms with van der Waals surface area (Å²) in [4.78, 5) is 27.7. The minimum Gasteiger partial charge on any atom is -0.497 e. The second-order valence-corrected chi connectivity index (χ2v) is 8.35. The second-order valence-electron chi connectivity index (χ2n) is 8.35. The number of hydrogen-bond donors (Lipinski definition) is 0. The number of β-lactam (4-membered cyclic amide) rings is 1. The smallest absolute Gasteiger partial charge is 0.315 e. The fourth-order valence-electron chi connectivity index (χ4n) is 4.21. The molecule has 5 heteroatoms. The van der Waals surface area contributed by atoms with E-state index in [4.69, 9.17) is 9.47 Å². The standard InChI is InChI=1S/C28H29NO4/c1-20(22-13-7-4-8-14-22)28(31)33-27-25(15-9-12-21-10-5-3-6-11-21)26(30)29(27)23-16-18-24(32-2)19-17-23/h3-8,10-11,13-14,16-20,25,27H,9,12,15H2,1-2H3. The molecule has 0 spiro atoms. The Balaban J connectivity index is 1.48. The number of ether oxygens (including phenoxy) is 2. The van der Waals surface area contributed by atoms with Gasteiger partial charge in [-0.15, -0.1) is 0 Å². The lowest BCUT2D eigenvalue weighted by Crippen LogP contribution is -2.63. The summed E-state index contributed by atoms with van der Waals surface area (Å²) in [5.74, 6) is -0.395.